The summed E-state index contributed by atoms with van der Waals surface area (Å²) in [5, 5.41) is 0. The van der Waals surface area contributed by atoms with E-state index in [1.165, 1.54) is 36.5 Å². The van der Waals surface area contributed by atoms with Crippen molar-refractivity contribution in [2.24, 2.45) is 0 Å². The molecule has 1 atom stereocenters. The van der Waals surface area contributed by atoms with Crippen LogP contribution in [0.1, 0.15) is 39.0 Å². The van der Waals surface area contributed by atoms with Gasteiger partial charge in [-0.15, -0.1) is 0 Å². The van der Waals surface area contributed by atoms with E-state index in [-0.39, 0.29) is 0 Å². The van der Waals surface area contributed by atoms with Crippen molar-refractivity contribution in [3.05, 3.63) is 0 Å². The normalized spacial score (nSPS) is 13.5. The van der Waals surface area contributed by atoms with Crippen molar-refractivity contribution in [3.63, 3.8) is 0 Å². The van der Waals surface area contributed by atoms with E-state index in [1.54, 1.807) is 0 Å². The van der Waals surface area contributed by atoms with Crippen molar-refractivity contribution in [3.8, 4) is 0 Å². The first-order valence-electron chi connectivity index (χ1n) is 3.97. The fourth-order valence-electron chi connectivity index (χ4n) is 0.874. The molecular formula is C8H16I2. The zero-order valence-electron chi connectivity index (χ0n) is 6.58. The lowest BCUT2D eigenvalue weighted by molar-refractivity contribution is 0.641. The predicted octanol–water partition coefficient (Wildman–Crippen LogP) is 4.20. The van der Waals surface area contributed by atoms with E-state index in [1.807, 2.05) is 0 Å². The van der Waals surface area contributed by atoms with E-state index >= 15 is 0 Å². The van der Waals surface area contributed by atoms with Crippen LogP contribution in [0.2, 0.25) is 0 Å². The van der Waals surface area contributed by atoms with Crippen LogP contribution < -0.4 is 0 Å². The fourth-order valence-corrected chi connectivity index (χ4v) is 1.85. The lowest BCUT2D eigenvalue weighted by Gasteiger charge is -2.01. The Labute approximate surface area is 91.8 Å². The SMILES string of the molecule is CC(I)CCCCCCI. The molecule has 0 amide bonds. The molecular weight excluding hydrogens is 350 g/mol. The molecule has 0 saturated heterocycles. The van der Waals surface area contributed by atoms with Gasteiger partial charge in [-0.05, 0) is 17.3 Å². The lowest BCUT2D eigenvalue weighted by atomic mass is 10.1. The van der Waals surface area contributed by atoms with Gasteiger partial charge in [-0.2, -0.15) is 0 Å². The second-order valence-electron chi connectivity index (χ2n) is 2.67. The molecule has 0 aromatic rings. The van der Waals surface area contributed by atoms with Gasteiger partial charge in [-0.1, -0.05) is 71.4 Å². The number of halogens is 2. The Bertz CT molecular complexity index is 62.3. The van der Waals surface area contributed by atoms with Gasteiger partial charge in [0.2, 0.25) is 0 Å². The summed E-state index contributed by atoms with van der Waals surface area (Å²) >= 11 is 4.95. The Balaban J connectivity index is 2.77. The van der Waals surface area contributed by atoms with Gasteiger partial charge in [0.25, 0.3) is 0 Å². The van der Waals surface area contributed by atoms with Crippen LogP contribution in [0.4, 0.5) is 0 Å². The van der Waals surface area contributed by atoms with Gasteiger partial charge in [0.1, 0.15) is 0 Å². The van der Waals surface area contributed by atoms with Gasteiger partial charge >= 0.3 is 0 Å². The number of hydrogen-bond donors (Lipinski definition) is 0. The number of rotatable bonds is 6. The summed E-state index contributed by atoms with van der Waals surface area (Å²) in [6.07, 6.45) is 7.13. The predicted molar refractivity (Wildman–Crippen MR) is 65.5 cm³/mol. The lowest BCUT2D eigenvalue weighted by Crippen LogP contribution is -1.89. The average Bonchev–Trinajstić information content (AvgIpc) is 1.87. The molecule has 62 valence electrons. The summed E-state index contributed by atoms with van der Waals surface area (Å²) in [4.78, 5) is 0. The zero-order valence-corrected chi connectivity index (χ0v) is 10.9. The molecule has 0 spiro atoms. The Hall–Kier alpha value is 1.46. The van der Waals surface area contributed by atoms with Crippen molar-refractivity contribution in [1.82, 2.24) is 0 Å². The average molecular weight is 366 g/mol. The minimum atomic E-state index is 0.872. The summed E-state index contributed by atoms with van der Waals surface area (Å²) in [7, 11) is 0. The van der Waals surface area contributed by atoms with Gasteiger partial charge in [-0.25, -0.2) is 0 Å². The van der Waals surface area contributed by atoms with Gasteiger partial charge in [-0.3, -0.25) is 0 Å². The third-order valence-electron chi connectivity index (χ3n) is 1.49. The van der Waals surface area contributed by atoms with Crippen molar-refractivity contribution in [2.75, 3.05) is 4.43 Å². The summed E-state index contributed by atoms with van der Waals surface area (Å²) in [6.45, 7) is 2.29. The Morgan fingerprint density at radius 1 is 1.10 bits per heavy atom. The highest BCUT2D eigenvalue weighted by Gasteiger charge is 1.94. The first kappa shape index (κ1) is 11.5. The molecule has 0 saturated carbocycles. The Morgan fingerprint density at radius 2 is 1.70 bits per heavy atom. The van der Waals surface area contributed by atoms with E-state index in [0.29, 0.717) is 0 Å². The van der Waals surface area contributed by atoms with E-state index in [2.05, 4.69) is 52.1 Å². The molecule has 0 radical (unpaired) electrons. The number of alkyl halides is 2. The highest BCUT2D eigenvalue weighted by Crippen LogP contribution is 2.11. The van der Waals surface area contributed by atoms with Crippen LogP contribution in [0.5, 0.6) is 0 Å². The molecule has 1 unspecified atom stereocenters. The van der Waals surface area contributed by atoms with Crippen LogP contribution in [0, 0.1) is 0 Å². The molecule has 0 N–H and O–H groups in total. The largest absolute Gasteiger partial charge is 0.0864 e. The quantitative estimate of drug-likeness (QED) is 0.376. The smallest absolute Gasteiger partial charge is 0.00813 e. The highest BCUT2D eigenvalue weighted by molar-refractivity contribution is 14.1. The van der Waals surface area contributed by atoms with Crippen LogP contribution >= 0.6 is 45.2 Å². The Kier molecular flexibility index (Phi) is 9.80. The molecule has 0 nitrogen and oxygen atoms in total. The maximum atomic E-state index is 2.50. The summed E-state index contributed by atoms with van der Waals surface area (Å²) in [6, 6.07) is 0. The van der Waals surface area contributed by atoms with Crippen molar-refractivity contribution >= 4 is 45.2 Å². The van der Waals surface area contributed by atoms with Crippen LogP contribution in [0.25, 0.3) is 0 Å². The molecule has 0 fully saturated rings. The highest BCUT2D eigenvalue weighted by atomic mass is 127. The van der Waals surface area contributed by atoms with Crippen LogP contribution in [-0.4, -0.2) is 8.35 Å². The molecule has 0 rings (SSSR count). The van der Waals surface area contributed by atoms with Crippen LogP contribution in [-0.2, 0) is 0 Å². The first-order valence-corrected chi connectivity index (χ1v) is 6.74. The van der Waals surface area contributed by atoms with E-state index in [0.717, 1.165) is 3.92 Å². The number of hydrogen-bond acceptors (Lipinski definition) is 0. The monoisotopic (exact) mass is 366 g/mol. The van der Waals surface area contributed by atoms with Crippen LogP contribution in [0.3, 0.4) is 0 Å². The molecule has 0 aromatic heterocycles. The maximum Gasteiger partial charge on any atom is 0.00813 e. The summed E-state index contributed by atoms with van der Waals surface area (Å²) in [5.41, 5.74) is 0. The van der Waals surface area contributed by atoms with Gasteiger partial charge in [0.05, 0.1) is 0 Å². The third kappa shape index (κ3) is 9.46. The van der Waals surface area contributed by atoms with Gasteiger partial charge in [0, 0.05) is 3.92 Å². The molecule has 0 aliphatic rings. The van der Waals surface area contributed by atoms with Gasteiger partial charge < -0.3 is 0 Å². The summed E-state index contributed by atoms with van der Waals surface area (Å²) < 4.78 is 2.20. The molecule has 2 heteroatoms. The third-order valence-corrected chi connectivity index (χ3v) is 2.87. The standard InChI is InChI=1S/C8H16I2/c1-8(10)6-4-2-3-5-7-9/h8H,2-7H2,1H3. The first-order chi connectivity index (χ1) is 4.77. The van der Waals surface area contributed by atoms with Crippen molar-refractivity contribution in [1.29, 1.82) is 0 Å². The topological polar surface area (TPSA) is 0 Å². The van der Waals surface area contributed by atoms with Crippen molar-refractivity contribution < 1.29 is 0 Å². The molecule has 0 bridgehead atoms. The maximum absolute atomic E-state index is 2.50. The van der Waals surface area contributed by atoms with E-state index < -0.39 is 0 Å². The molecule has 10 heavy (non-hydrogen) atoms. The summed E-state index contributed by atoms with van der Waals surface area (Å²) in [5.74, 6) is 0. The minimum Gasteiger partial charge on any atom is -0.0864 e. The Morgan fingerprint density at radius 3 is 2.20 bits per heavy atom. The molecule has 0 heterocycles. The fraction of sp³-hybridized carbons (Fsp3) is 1.00. The van der Waals surface area contributed by atoms with Gasteiger partial charge in [0.15, 0.2) is 0 Å². The van der Waals surface area contributed by atoms with Crippen LogP contribution in [0.15, 0.2) is 0 Å². The number of unbranched alkanes of at least 4 members (excludes halogenated alkanes) is 3. The minimum absolute atomic E-state index is 0.872. The molecule has 0 aromatic carbocycles. The second-order valence-corrected chi connectivity index (χ2v) is 5.88. The van der Waals surface area contributed by atoms with E-state index in [9.17, 15) is 0 Å². The second kappa shape index (κ2) is 8.56. The van der Waals surface area contributed by atoms with Crippen molar-refractivity contribution in [2.45, 2.75) is 43.0 Å². The van der Waals surface area contributed by atoms with E-state index in [4.69, 9.17) is 0 Å². The molecule has 0 aliphatic heterocycles. The molecule has 0 aliphatic carbocycles. The zero-order chi connectivity index (χ0) is 7.82.